The van der Waals surface area contributed by atoms with Crippen molar-refractivity contribution in [1.29, 1.82) is 0 Å². The second-order valence-electron chi connectivity index (χ2n) is 3.99. The Labute approximate surface area is 76.3 Å². The minimum atomic E-state index is 0.648. The molecular formula is C10H22N2. The smallest absolute Gasteiger partial charge is 0.0247 e. The molecule has 0 radical (unpaired) electrons. The van der Waals surface area contributed by atoms with Crippen molar-refractivity contribution in [3.05, 3.63) is 0 Å². The lowest BCUT2D eigenvalue weighted by Gasteiger charge is -2.27. The summed E-state index contributed by atoms with van der Waals surface area (Å²) >= 11 is 0. The van der Waals surface area contributed by atoms with Gasteiger partial charge in [0.15, 0.2) is 0 Å². The van der Waals surface area contributed by atoms with E-state index < -0.39 is 0 Å². The zero-order valence-corrected chi connectivity index (χ0v) is 8.64. The van der Waals surface area contributed by atoms with Crippen LogP contribution in [-0.4, -0.2) is 23.6 Å². The zero-order valence-electron chi connectivity index (χ0n) is 8.64. The van der Waals surface area contributed by atoms with Crippen LogP contribution in [0.2, 0.25) is 0 Å². The van der Waals surface area contributed by atoms with Gasteiger partial charge in [-0.1, -0.05) is 13.3 Å². The highest BCUT2D eigenvalue weighted by atomic mass is 15.5. The van der Waals surface area contributed by atoms with E-state index in [-0.39, 0.29) is 0 Å². The second-order valence-corrected chi connectivity index (χ2v) is 3.99. The predicted molar refractivity (Wildman–Crippen MR) is 52.9 cm³/mol. The number of hydrazine groups is 1. The molecule has 2 heteroatoms. The van der Waals surface area contributed by atoms with Gasteiger partial charge in [-0.15, -0.1) is 0 Å². The molecule has 0 aromatic heterocycles. The van der Waals surface area contributed by atoms with E-state index in [1.54, 1.807) is 0 Å². The Hall–Kier alpha value is -0.0800. The summed E-state index contributed by atoms with van der Waals surface area (Å²) in [5.74, 6) is 0. The first kappa shape index (κ1) is 10.0. The van der Waals surface area contributed by atoms with Gasteiger partial charge in [-0.25, -0.2) is 5.01 Å². The standard InChI is InChI=1S/C10H22N2/c1-4-5-8-11-12(9(2)3)10-6-7-10/h9-11H,4-8H2,1-3H3. The van der Waals surface area contributed by atoms with Gasteiger partial charge in [-0.05, 0) is 33.1 Å². The maximum Gasteiger partial charge on any atom is 0.0247 e. The van der Waals surface area contributed by atoms with E-state index in [1.165, 1.54) is 25.7 Å². The molecule has 0 aliphatic heterocycles. The van der Waals surface area contributed by atoms with Crippen molar-refractivity contribution in [2.45, 2.75) is 58.5 Å². The Bertz CT molecular complexity index is 117. The molecule has 0 aromatic carbocycles. The molecule has 1 saturated carbocycles. The molecule has 1 fully saturated rings. The van der Waals surface area contributed by atoms with Crippen LogP contribution in [0, 0.1) is 0 Å². The molecule has 1 aliphatic rings. The first-order valence-electron chi connectivity index (χ1n) is 5.27. The summed E-state index contributed by atoms with van der Waals surface area (Å²) in [6.07, 6.45) is 5.34. The van der Waals surface area contributed by atoms with Gasteiger partial charge in [-0.3, -0.25) is 5.43 Å². The fourth-order valence-electron chi connectivity index (χ4n) is 1.47. The first-order valence-corrected chi connectivity index (χ1v) is 5.27. The maximum atomic E-state index is 3.52. The lowest BCUT2D eigenvalue weighted by molar-refractivity contribution is 0.132. The average Bonchev–Trinajstić information content (AvgIpc) is 2.80. The highest BCUT2D eigenvalue weighted by Gasteiger charge is 2.30. The summed E-state index contributed by atoms with van der Waals surface area (Å²) in [6.45, 7) is 7.90. The van der Waals surface area contributed by atoms with Gasteiger partial charge < -0.3 is 0 Å². The fraction of sp³-hybridized carbons (Fsp3) is 1.00. The lowest BCUT2D eigenvalue weighted by atomic mass is 10.3. The van der Waals surface area contributed by atoms with E-state index in [0.29, 0.717) is 6.04 Å². The Kier molecular flexibility index (Phi) is 4.02. The molecule has 0 saturated heterocycles. The third-order valence-electron chi connectivity index (χ3n) is 2.32. The van der Waals surface area contributed by atoms with Gasteiger partial charge in [-0.2, -0.15) is 0 Å². The van der Waals surface area contributed by atoms with Crippen molar-refractivity contribution in [2.75, 3.05) is 6.54 Å². The molecule has 12 heavy (non-hydrogen) atoms. The summed E-state index contributed by atoms with van der Waals surface area (Å²) < 4.78 is 0. The van der Waals surface area contributed by atoms with Crippen molar-refractivity contribution < 1.29 is 0 Å². The van der Waals surface area contributed by atoms with E-state index >= 15 is 0 Å². The predicted octanol–water partition coefficient (Wildman–Crippen LogP) is 2.16. The number of nitrogens with zero attached hydrogens (tertiary/aromatic N) is 1. The quantitative estimate of drug-likeness (QED) is 0.485. The Morgan fingerprint density at radius 3 is 2.50 bits per heavy atom. The normalized spacial score (nSPS) is 17.8. The molecule has 0 spiro atoms. The maximum absolute atomic E-state index is 3.52. The Morgan fingerprint density at radius 2 is 2.08 bits per heavy atom. The average molecular weight is 170 g/mol. The van der Waals surface area contributed by atoms with E-state index in [4.69, 9.17) is 0 Å². The fourth-order valence-corrected chi connectivity index (χ4v) is 1.47. The van der Waals surface area contributed by atoms with Crippen LogP contribution in [0.1, 0.15) is 46.5 Å². The van der Waals surface area contributed by atoms with E-state index in [0.717, 1.165) is 12.6 Å². The van der Waals surface area contributed by atoms with Crippen molar-refractivity contribution in [1.82, 2.24) is 10.4 Å². The molecule has 0 unspecified atom stereocenters. The molecule has 0 aromatic rings. The van der Waals surface area contributed by atoms with Crippen molar-refractivity contribution >= 4 is 0 Å². The largest absolute Gasteiger partial charge is 0.255 e. The summed E-state index contributed by atoms with van der Waals surface area (Å²) in [5.41, 5.74) is 3.52. The van der Waals surface area contributed by atoms with Gasteiger partial charge in [0.25, 0.3) is 0 Å². The minimum Gasteiger partial charge on any atom is -0.255 e. The first-order chi connectivity index (χ1) is 5.75. The molecule has 72 valence electrons. The van der Waals surface area contributed by atoms with Crippen LogP contribution in [0.3, 0.4) is 0 Å². The van der Waals surface area contributed by atoms with Crippen molar-refractivity contribution in [3.63, 3.8) is 0 Å². The molecule has 0 bridgehead atoms. The summed E-state index contributed by atoms with van der Waals surface area (Å²) in [6, 6.07) is 1.48. The summed E-state index contributed by atoms with van der Waals surface area (Å²) in [4.78, 5) is 0. The van der Waals surface area contributed by atoms with Gasteiger partial charge in [0.1, 0.15) is 0 Å². The van der Waals surface area contributed by atoms with Crippen LogP contribution in [0.5, 0.6) is 0 Å². The number of hydrogen-bond acceptors (Lipinski definition) is 2. The minimum absolute atomic E-state index is 0.648. The van der Waals surface area contributed by atoms with Crippen LogP contribution in [0.4, 0.5) is 0 Å². The zero-order chi connectivity index (χ0) is 8.97. The van der Waals surface area contributed by atoms with E-state index in [1.807, 2.05) is 0 Å². The van der Waals surface area contributed by atoms with Crippen LogP contribution in [-0.2, 0) is 0 Å². The van der Waals surface area contributed by atoms with Crippen LogP contribution >= 0.6 is 0 Å². The Morgan fingerprint density at radius 1 is 1.42 bits per heavy atom. The van der Waals surface area contributed by atoms with Gasteiger partial charge in [0, 0.05) is 18.6 Å². The van der Waals surface area contributed by atoms with E-state index in [9.17, 15) is 0 Å². The molecule has 0 amide bonds. The van der Waals surface area contributed by atoms with Crippen LogP contribution in [0.25, 0.3) is 0 Å². The topological polar surface area (TPSA) is 15.3 Å². The summed E-state index contributed by atoms with van der Waals surface area (Å²) in [5, 5.41) is 2.43. The molecule has 1 N–H and O–H groups in total. The number of hydrogen-bond donors (Lipinski definition) is 1. The third kappa shape index (κ3) is 3.11. The summed E-state index contributed by atoms with van der Waals surface area (Å²) in [7, 11) is 0. The SMILES string of the molecule is CCCCNN(C(C)C)C1CC1. The van der Waals surface area contributed by atoms with Crippen LogP contribution < -0.4 is 5.43 Å². The third-order valence-corrected chi connectivity index (χ3v) is 2.32. The Balaban J connectivity index is 2.14. The molecule has 0 atom stereocenters. The van der Waals surface area contributed by atoms with Gasteiger partial charge in [0.2, 0.25) is 0 Å². The molecular weight excluding hydrogens is 148 g/mol. The monoisotopic (exact) mass is 170 g/mol. The molecule has 2 nitrogen and oxygen atoms in total. The second kappa shape index (κ2) is 4.83. The molecule has 0 heterocycles. The highest BCUT2D eigenvalue weighted by molar-refractivity contribution is 4.83. The highest BCUT2D eigenvalue weighted by Crippen LogP contribution is 2.26. The molecule has 1 rings (SSSR count). The van der Waals surface area contributed by atoms with Gasteiger partial charge >= 0.3 is 0 Å². The number of nitrogens with one attached hydrogen (secondary N) is 1. The number of rotatable bonds is 6. The molecule has 1 aliphatic carbocycles. The van der Waals surface area contributed by atoms with Gasteiger partial charge in [0.05, 0.1) is 0 Å². The van der Waals surface area contributed by atoms with Crippen LogP contribution in [0.15, 0.2) is 0 Å². The van der Waals surface area contributed by atoms with Crippen molar-refractivity contribution in [2.24, 2.45) is 0 Å². The lowest BCUT2D eigenvalue weighted by Crippen LogP contribution is -2.44. The van der Waals surface area contributed by atoms with Crippen molar-refractivity contribution in [3.8, 4) is 0 Å². The van der Waals surface area contributed by atoms with E-state index in [2.05, 4.69) is 31.2 Å². The number of unbranched alkanes of at least 4 members (excludes halogenated alkanes) is 1.